The molecule has 3 rings (SSSR count). The van der Waals surface area contributed by atoms with Gasteiger partial charge in [-0.1, -0.05) is 44.9 Å². The SMILES string of the molecule is O=C(NC1CCN(C(=O)NC2CCCCCC2)CC1)C1CCCCC1. The van der Waals surface area contributed by atoms with E-state index in [0.717, 1.165) is 51.6 Å². The first-order chi connectivity index (χ1) is 12.2. The largest absolute Gasteiger partial charge is 0.353 e. The minimum Gasteiger partial charge on any atom is -0.353 e. The van der Waals surface area contributed by atoms with Gasteiger partial charge >= 0.3 is 6.03 Å². The molecule has 3 fully saturated rings. The van der Waals surface area contributed by atoms with Gasteiger partial charge in [0.1, 0.15) is 0 Å². The Morgan fingerprint density at radius 1 is 0.640 bits per heavy atom. The van der Waals surface area contributed by atoms with Crippen molar-refractivity contribution in [2.24, 2.45) is 5.92 Å². The first kappa shape index (κ1) is 18.5. The van der Waals surface area contributed by atoms with Crippen molar-refractivity contribution in [3.8, 4) is 0 Å². The summed E-state index contributed by atoms with van der Waals surface area (Å²) in [7, 11) is 0. The van der Waals surface area contributed by atoms with Crippen LogP contribution in [0.5, 0.6) is 0 Å². The molecule has 0 bridgehead atoms. The Balaban J connectivity index is 1.37. The van der Waals surface area contributed by atoms with Crippen molar-refractivity contribution in [3.05, 3.63) is 0 Å². The molecule has 2 aliphatic carbocycles. The van der Waals surface area contributed by atoms with Gasteiger partial charge in [0.25, 0.3) is 0 Å². The number of piperidine rings is 1. The molecule has 1 aliphatic heterocycles. The molecule has 0 radical (unpaired) electrons. The van der Waals surface area contributed by atoms with E-state index in [2.05, 4.69) is 10.6 Å². The molecule has 5 heteroatoms. The van der Waals surface area contributed by atoms with Crippen LogP contribution in [0.25, 0.3) is 0 Å². The molecule has 1 saturated heterocycles. The number of carbonyl (C=O) groups excluding carboxylic acids is 2. The summed E-state index contributed by atoms with van der Waals surface area (Å²) in [5, 5.41) is 6.48. The maximum Gasteiger partial charge on any atom is 0.317 e. The van der Waals surface area contributed by atoms with Gasteiger partial charge in [-0.3, -0.25) is 4.79 Å². The molecular formula is C20H35N3O2. The van der Waals surface area contributed by atoms with E-state index in [1.807, 2.05) is 4.90 Å². The second-order valence-electron chi connectivity index (χ2n) is 8.24. The van der Waals surface area contributed by atoms with Crippen molar-refractivity contribution < 1.29 is 9.59 Å². The van der Waals surface area contributed by atoms with E-state index in [9.17, 15) is 9.59 Å². The molecule has 0 aromatic heterocycles. The lowest BCUT2D eigenvalue weighted by molar-refractivity contribution is -0.126. The van der Waals surface area contributed by atoms with E-state index in [1.165, 1.54) is 44.9 Å². The first-order valence-electron chi connectivity index (χ1n) is 10.6. The highest BCUT2D eigenvalue weighted by molar-refractivity contribution is 5.79. The molecule has 0 aromatic carbocycles. The highest BCUT2D eigenvalue weighted by Crippen LogP contribution is 2.24. The Labute approximate surface area is 152 Å². The molecule has 5 nitrogen and oxygen atoms in total. The number of hydrogen-bond acceptors (Lipinski definition) is 2. The van der Waals surface area contributed by atoms with Crippen molar-refractivity contribution in [1.82, 2.24) is 15.5 Å². The van der Waals surface area contributed by atoms with Gasteiger partial charge in [-0.05, 0) is 38.5 Å². The van der Waals surface area contributed by atoms with Crippen LogP contribution in [0, 0.1) is 5.92 Å². The summed E-state index contributed by atoms with van der Waals surface area (Å²) in [5.41, 5.74) is 0. The summed E-state index contributed by atoms with van der Waals surface area (Å²) in [6, 6.07) is 0.707. The lowest BCUT2D eigenvalue weighted by atomic mass is 9.88. The fourth-order valence-corrected chi connectivity index (χ4v) is 4.60. The van der Waals surface area contributed by atoms with E-state index in [0.29, 0.717) is 6.04 Å². The number of rotatable bonds is 3. The Kier molecular flexibility index (Phi) is 7.00. The zero-order chi connectivity index (χ0) is 17.5. The molecular weight excluding hydrogens is 314 g/mol. The van der Waals surface area contributed by atoms with Gasteiger partial charge < -0.3 is 15.5 Å². The Morgan fingerprint density at radius 3 is 1.80 bits per heavy atom. The van der Waals surface area contributed by atoms with Gasteiger partial charge in [-0.25, -0.2) is 4.79 Å². The van der Waals surface area contributed by atoms with Crippen LogP contribution in [-0.4, -0.2) is 42.0 Å². The normalized spacial score (nSPS) is 24.6. The lowest BCUT2D eigenvalue weighted by Gasteiger charge is -2.34. The fraction of sp³-hybridized carbons (Fsp3) is 0.900. The summed E-state index contributed by atoms with van der Waals surface area (Å²) >= 11 is 0. The highest BCUT2D eigenvalue weighted by Gasteiger charge is 2.28. The standard InChI is InChI=1S/C20H35N3O2/c24-19(16-8-4-3-5-9-16)21-18-12-14-23(15-13-18)20(25)22-17-10-6-1-2-7-11-17/h16-18H,1-15H2,(H,21,24)(H,22,25). The first-order valence-corrected chi connectivity index (χ1v) is 10.6. The molecule has 25 heavy (non-hydrogen) atoms. The van der Waals surface area contributed by atoms with Crippen molar-refractivity contribution in [3.63, 3.8) is 0 Å². The van der Waals surface area contributed by atoms with E-state index < -0.39 is 0 Å². The maximum atomic E-state index is 12.5. The molecule has 0 atom stereocenters. The van der Waals surface area contributed by atoms with Gasteiger partial charge in [-0.2, -0.15) is 0 Å². The average Bonchev–Trinajstić information content (AvgIpc) is 2.91. The van der Waals surface area contributed by atoms with Crippen molar-refractivity contribution in [2.75, 3.05) is 13.1 Å². The molecule has 1 heterocycles. The smallest absolute Gasteiger partial charge is 0.317 e. The zero-order valence-electron chi connectivity index (χ0n) is 15.6. The van der Waals surface area contributed by atoms with Crippen LogP contribution < -0.4 is 10.6 Å². The van der Waals surface area contributed by atoms with E-state index >= 15 is 0 Å². The average molecular weight is 350 g/mol. The topological polar surface area (TPSA) is 61.4 Å². The summed E-state index contributed by atoms with van der Waals surface area (Å²) in [5.74, 6) is 0.478. The number of carbonyl (C=O) groups is 2. The summed E-state index contributed by atoms with van der Waals surface area (Å²) in [4.78, 5) is 26.8. The van der Waals surface area contributed by atoms with Gasteiger partial charge in [0.2, 0.25) is 5.91 Å². The number of likely N-dealkylation sites (tertiary alicyclic amines) is 1. The number of nitrogens with one attached hydrogen (secondary N) is 2. The number of nitrogens with zero attached hydrogens (tertiary/aromatic N) is 1. The molecule has 0 spiro atoms. The van der Waals surface area contributed by atoms with Crippen LogP contribution in [0.1, 0.15) is 83.5 Å². The van der Waals surface area contributed by atoms with Crippen LogP contribution in [0.2, 0.25) is 0 Å². The van der Waals surface area contributed by atoms with Crippen LogP contribution in [0.15, 0.2) is 0 Å². The molecule has 3 aliphatic rings. The number of urea groups is 1. The van der Waals surface area contributed by atoms with Gasteiger partial charge in [0.05, 0.1) is 0 Å². The zero-order valence-corrected chi connectivity index (χ0v) is 15.6. The Hall–Kier alpha value is -1.26. The van der Waals surface area contributed by atoms with Gasteiger partial charge in [0.15, 0.2) is 0 Å². The summed E-state index contributed by atoms with van der Waals surface area (Å²) in [6.45, 7) is 1.52. The minimum atomic E-state index is 0.101. The van der Waals surface area contributed by atoms with Crippen LogP contribution in [-0.2, 0) is 4.79 Å². The minimum absolute atomic E-state index is 0.101. The van der Waals surface area contributed by atoms with E-state index in [4.69, 9.17) is 0 Å². The molecule has 3 amide bonds. The van der Waals surface area contributed by atoms with Crippen LogP contribution >= 0.6 is 0 Å². The summed E-state index contributed by atoms with van der Waals surface area (Å²) in [6.07, 6.45) is 14.9. The van der Waals surface area contributed by atoms with Gasteiger partial charge in [-0.15, -0.1) is 0 Å². The molecule has 0 unspecified atom stereocenters. The third-order valence-electron chi connectivity index (χ3n) is 6.29. The lowest BCUT2D eigenvalue weighted by Crippen LogP contribution is -2.51. The Morgan fingerprint density at radius 2 is 1.16 bits per heavy atom. The molecule has 142 valence electrons. The molecule has 2 N–H and O–H groups in total. The summed E-state index contributed by atoms with van der Waals surface area (Å²) < 4.78 is 0. The van der Waals surface area contributed by atoms with Crippen molar-refractivity contribution >= 4 is 11.9 Å². The molecule has 2 saturated carbocycles. The van der Waals surface area contributed by atoms with Gasteiger partial charge in [0, 0.05) is 31.1 Å². The maximum absolute atomic E-state index is 12.5. The highest BCUT2D eigenvalue weighted by atomic mass is 16.2. The monoisotopic (exact) mass is 349 g/mol. The second-order valence-corrected chi connectivity index (χ2v) is 8.24. The van der Waals surface area contributed by atoms with E-state index in [1.54, 1.807) is 0 Å². The van der Waals surface area contributed by atoms with E-state index in [-0.39, 0.29) is 23.9 Å². The van der Waals surface area contributed by atoms with Crippen molar-refractivity contribution in [1.29, 1.82) is 0 Å². The van der Waals surface area contributed by atoms with Crippen molar-refractivity contribution in [2.45, 2.75) is 95.6 Å². The fourth-order valence-electron chi connectivity index (χ4n) is 4.60. The predicted octanol–water partition coefficient (Wildman–Crippen LogP) is 3.58. The second kappa shape index (κ2) is 9.44. The predicted molar refractivity (Wildman–Crippen MR) is 99.3 cm³/mol. The van der Waals surface area contributed by atoms with Crippen LogP contribution in [0.4, 0.5) is 4.79 Å². The molecule has 0 aromatic rings. The number of amides is 3. The Bertz CT molecular complexity index is 432. The van der Waals surface area contributed by atoms with Crippen LogP contribution in [0.3, 0.4) is 0 Å². The third kappa shape index (κ3) is 5.61. The quantitative estimate of drug-likeness (QED) is 0.765. The number of hydrogen-bond donors (Lipinski definition) is 2. The third-order valence-corrected chi connectivity index (χ3v) is 6.29.